The fourth-order valence-electron chi connectivity index (χ4n) is 10.4. The molecule has 0 unspecified atom stereocenters. The lowest BCUT2D eigenvalue weighted by atomic mass is 9.85. The van der Waals surface area contributed by atoms with Gasteiger partial charge in [0.25, 0.3) is 0 Å². The summed E-state index contributed by atoms with van der Waals surface area (Å²) in [5, 5.41) is 12.2. The molecule has 5 nitrogen and oxygen atoms in total. The highest BCUT2D eigenvalue weighted by Gasteiger charge is 2.30. The second-order valence-corrected chi connectivity index (χ2v) is 19.1. The van der Waals surface area contributed by atoms with Gasteiger partial charge in [-0.25, -0.2) is 9.97 Å². The highest BCUT2D eigenvalue weighted by atomic mass is 15.2. The van der Waals surface area contributed by atoms with Gasteiger partial charge in [0.15, 0.2) is 11.3 Å². The summed E-state index contributed by atoms with van der Waals surface area (Å²) in [5.74, 6) is 0. The third-order valence-electron chi connectivity index (χ3n) is 13.4. The van der Waals surface area contributed by atoms with Crippen LogP contribution in [0.4, 0.5) is 17.1 Å². The van der Waals surface area contributed by atoms with Crippen LogP contribution in [-0.4, -0.2) is 18.8 Å². The smallest absolute Gasteiger partial charge is 0.165 e. The van der Waals surface area contributed by atoms with Crippen LogP contribution in [0.15, 0.2) is 152 Å². The van der Waals surface area contributed by atoms with E-state index in [9.17, 15) is 0 Å². The largest absolute Gasteiger partial charge is 0.308 e. The molecule has 0 bridgehead atoms. The van der Waals surface area contributed by atoms with Crippen LogP contribution in [0.1, 0.15) is 52.7 Å². The predicted octanol–water partition coefficient (Wildman–Crippen LogP) is 15.1. The maximum Gasteiger partial charge on any atom is 0.165 e. The monoisotopic (exact) mass is 785 g/mol. The van der Waals surface area contributed by atoms with Gasteiger partial charge in [-0.2, -0.15) is 0 Å². The minimum atomic E-state index is -0.108. The second kappa shape index (κ2) is 11.7. The summed E-state index contributed by atoms with van der Waals surface area (Å²) < 4.78 is 4.86. The molecule has 5 heterocycles. The average molecular weight is 786 g/mol. The molecule has 0 spiro atoms. The van der Waals surface area contributed by atoms with Crippen molar-refractivity contribution in [2.45, 2.75) is 52.4 Å². The standard InChI is InChI=1S/C56H43N5/c1-55(2,3)34-25-26-44-40(29-34)46-38-23-15-13-17-32(38)27-42-48-53(60(44)51(42)46)57-49-43-31-35(56(4,5)6)30-41-47-39-24-16-14-18-33(39)28-45(52(47)61(50(41)43)54(49)58-48)59(36-19-9-7-10-20-36)37-21-11-8-12-22-37/h7-31H,1-6H3. The van der Waals surface area contributed by atoms with Gasteiger partial charge < -0.3 is 4.90 Å². The molecule has 5 aromatic heterocycles. The fraction of sp³-hybridized carbons (Fsp3) is 0.143. The van der Waals surface area contributed by atoms with Gasteiger partial charge in [-0.1, -0.05) is 133 Å². The van der Waals surface area contributed by atoms with E-state index in [0.29, 0.717) is 0 Å². The van der Waals surface area contributed by atoms with Crippen molar-refractivity contribution in [2.75, 3.05) is 4.90 Å². The Bertz CT molecular complexity index is 3900. The Balaban J connectivity index is 1.27. The van der Waals surface area contributed by atoms with Crippen LogP contribution >= 0.6 is 0 Å². The first-order valence-electron chi connectivity index (χ1n) is 21.4. The highest BCUT2D eigenvalue weighted by Crippen LogP contribution is 2.50. The molecule has 0 fully saturated rings. The first-order valence-corrected chi connectivity index (χ1v) is 21.4. The Kier molecular flexibility index (Phi) is 6.66. The first kappa shape index (κ1) is 34.6. The SMILES string of the molecule is CC(C)(C)c1ccc2c(c1)c1c3ccccc3cc3c4nc5c(nc4n2c31)c1cc(C(C)(C)C)cc2c3c4ccccc4cc(N(c4ccccc4)c4ccccc4)c3n5c12. The van der Waals surface area contributed by atoms with Crippen LogP contribution < -0.4 is 4.90 Å². The lowest BCUT2D eigenvalue weighted by Crippen LogP contribution is -2.11. The molecule has 0 N–H and O–H groups in total. The van der Waals surface area contributed by atoms with Crippen molar-refractivity contribution in [3.05, 3.63) is 163 Å². The Morgan fingerprint density at radius 3 is 1.54 bits per heavy atom. The Labute approximate surface area is 352 Å². The Morgan fingerprint density at radius 2 is 0.918 bits per heavy atom. The summed E-state index contributed by atoms with van der Waals surface area (Å²) in [6.45, 7) is 13.8. The molecule has 0 aliphatic rings. The quantitative estimate of drug-likeness (QED) is 0.179. The van der Waals surface area contributed by atoms with E-state index >= 15 is 0 Å². The molecule has 0 aliphatic carbocycles. The summed E-state index contributed by atoms with van der Waals surface area (Å²) in [7, 11) is 0. The van der Waals surface area contributed by atoms with Gasteiger partial charge in [-0.05, 0) is 104 Å². The average Bonchev–Trinajstić information content (AvgIpc) is 3.98. The molecular weight excluding hydrogens is 743 g/mol. The molecular formula is C56H43N5. The number of aromatic nitrogens is 4. The molecule has 0 atom stereocenters. The van der Waals surface area contributed by atoms with E-state index in [1.807, 2.05) is 0 Å². The number of rotatable bonds is 3. The first-order chi connectivity index (χ1) is 29.5. The van der Waals surface area contributed by atoms with Gasteiger partial charge in [-0.15, -0.1) is 0 Å². The van der Waals surface area contributed by atoms with Crippen molar-refractivity contribution in [3.63, 3.8) is 0 Å². The van der Waals surface area contributed by atoms with E-state index in [1.165, 1.54) is 65.3 Å². The van der Waals surface area contributed by atoms with Gasteiger partial charge in [0.2, 0.25) is 0 Å². The minimum absolute atomic E-state index is 0.0130. The Morgan fingerprint density at radius 1 is 0.410 bits per heavy atom. The number of para-hydroxylation sites is 2. The van der Waals surface area contributed by atoms with Crippen molar-refractivity contribution in [2.24, 2.45) is 0 Å². The molecule has 13 aromatic rings. The molecule has 13 rings (SSSR count). The lowest BCUT2D eigenvalue weighted by molar-refractivity contribution is 0.591. The van der Waals surface area contributed by atoms with Gasteiger partial charge in [0.1, 0.15) is 11.0 Å². The number of fused-ring (bicyclic) bond motifs is 16. The summed E-state index contributed by atoms with van der Waals surface area (Å²) >= 11 is 0. The van der Waals surface area contributed by atoms with Crippen molar-refractivity contribution in [1.82, 2.24) is 18.8 Å². The van der Waals surface area contributed by atoms with Crippen LogP contribution in [0.2, 0.25) is 0 Å². The molecule has 8 aromatic carbocycles. The number of nitrogens with zero attached hydrogens (tertiary/aromatic N) is 5. The zero-order valence-corrected chi connectivity index (χ0v) is 35.2. The van der Waals surface area contributed by atoms with Gasteiger partial charge in [-0.3, -0.25) is 8.80 Å². The van der Waals surface area contributed by atoms with Gasteiger partial charge >= 0.3 is 0 Å². The summed E-state index contributed by atoms with van der Waals surface area (Å²) in [6, 6.07) is 55.8. The van der Waals surface area contributed by atoms with Crippen LogP contribution in [0.25, 0.3) is 98.3 Å². The van der Waals surface area contributed by atoms with E-state index in [4.69, 9.17) is 9.97 Å². The third kappa shape index (κ3) is 4.61. The normalized spacial score (nSPS) is 13.1. The number of anilines is 3. The minimum Gasteiger partial charge on any atom is -0.308 e. The molecule has 5 heteroatoms. The number of benzene rings is 8. The zero-order valence-electron chi connectivity index (χ0n) is 35.2. The molecule has 61 heavy (non-hydrogen) atoms. The van der Waals surface area contributed by atoms with E-state index in [1.54, 1.807) is 0 Å². The van der Waals surface area contributed by atoms with Crippen molar-refractivity contribution in [3.8, 4) is 0 Å². The van der Waals surface area contributed by atoms with E-state index in [-0.39, 0.29) is 10.8 Å². The molecule has 0 radical (unpaired) electrons. The van der Waals surface area contributed by atoms with Crippen molar-refractivity contribution in [1.29, 1.82) is 0 Å². The summed E-state index contributed by atoms with van der Waals surface area (Å²) in [5.41, 5.74) is 14.1. The van der Waals surface area contributed by atoms with Crippen LogP contribution in [0.5, 0.6) is 0 Å². The second-order valence-electron chi connectivity index (χ2n) is 19.1. The third-order valence-corrected chi connectivity index (χ3v) is 13.4. The predicted molar refractivity (Wildman–Crippen MR) is 258 cm³/mol. The zero-order chi connectivity index (χ0) is 41.1. The van der Waals surface area contributed by atoms with Gasteiger partial charge in [0, 0.05) is 43.7 Å². The highest BCUT2D eigenvalue weighted by molar-refractivity contribution is 6.33. The number of hydrogen-bond donors (Lipinski definition) is 0. The molecule has 0 saturated heterocycles. The molecule has 292 valence electrons. The number of hydrogen-bond acceptors (Lipinski definition) is 3. The van der Waals surface area contributed by atoms with Gasteiger partial charge in [0.05, 0.1) is 27.8 Å². The van der Waals surface area contributed by atoms with Crippen LogP contribution in [0.3, 0.4) is 0 Å². The molecule has 0 saturated carbocycles. The maximum absolute atomic E-state index is 5.86. The van der Waals surface area contributed by atoms with Crippen molar-refractivity contribution < 1.29 is 0 Å². The topological polar surface area (TPSA) is 37.8 Å². The Hall–Kier alpha value is -7.24. The summed E-state index contributed by atoms with van der Waals surface area (Å²) in [4.78, 5) is 14.1. The van der Waals surface area contributed by atoms with Crippen LogP contribution in [0, 0.1) is 0 Å². The molecule has 0 aliphatic heterocycles. The van der Waals surface area contributed by atoms with E-state index < -0.39 is 0 Å². The van der Waals surface area contributed by atoms with E-state index in [2.05, 4.69) is 207 Å². The fourth-order valence-corrected chi connectivity index (χ4v) is 10.4. The summed E-state index contributed by atoms with van der Waals surface area (Å²) in [6.07, 6.45) is 0. The lowest BCUT2D eigenvalue weighted by Gasteiger charge is -2.27. The van der Waals surface area contributed by atoms with Crippen LogP contribution in [-0.2, 0) is 10.8 Å². The maximum atomic E-state index is 5.86. The van der Waals surface area contributed by atoms with Crippen molar-refractivity contribution >= 4 is 115 Å². The molecule has 0 amide bonds. The van der Waals surface area contributed by atoms with E-state index in [0.717, 1.165) is 61.2 Å².